The second kappa shape index (κ2) is 4.88. The summed E-state index contributed by atoms with van der Waals surface area (Å²) in [6.07, 6.45) is 0. The smallest absolute Gasteiger partial charge is 0.237 e. The molecule has 0 atom stereocenters. The predicted molar refractivity (Wildman–Crippen MR) is 89.2 cm³/mol. The summed E-state index contributed by atoms with van der Waals surface area (Å²) in [5, 5.41) is 0. The van der Waals surface area contributed by atoms with E-state index in [4.69, 9.17) is 5.73 Å². The van der Waals surface area contributed by atoms with Crippen molar-refractivity contribution in [3.8, 4) is 0 Å². The molecule has 0 aromatic heterocycles. The SMILES string of the molecule is CC1(C)C(=O)N(Cc2cc(N)cc(Br)c2)c2ccccc21. The summed E-state index contributed by atoms with van der Waals surface area (Å²) in [5.74, 6) is 0.127. The first-order valence-electron chi connectivity index (χ1n) is 6.86. The van der Waals surface area contributed by atoms with Crippen LogP contribution in [0.25, 0.3) is 0 Å². The van der Waals surface area contributed by atoms with Crippen LogP contribution < -0.4 is 10.6 Å². The number of fused-ring (bicyclic) bond motifs is 1. The topological polar surface area (TPSA) is 46.3 Å². The highest BCUT2D eigenvalue weighted by Gasteiger charge is 2.43. The molecule has 21 heavy (non-hydrogen) atoms. The zero-order valence-corrected chi connectivity index (χ0v) is 13.6. The molecule has 2 aromatic carbocycles. The lowest BCUT2D eigenvalue weighted by atomic mass is 9.86. The molecule has 0 saturated heterocycles. The molecule has 0 unspecified atom stereocenters. The summed E-state index contributed by atoms with van der Waals surface area (Å²) in [6, 6.07) is 13.7. The number of rotatable bonds is 2. The van der Waals surface area contributed by atoms with Crippen LogP contribution in [0.3, 0.4) is 0 Å². The first-order valence-corrected chi connectivity index (χ1v) is 7.65. The number of nitrogens with two attached hydrogens (primary N) is 1. The monoisotopic (exact) mass is 344 g/mol. The molecule has 1 aliphatic heterocycles. The fraction of sp³-hybridized carbons (Fsp3) is 0.235. The fourth-order valence-corrected chi connectivity index (χ4v) is 3.46. The Hall–Kier alpha value is -1.81. The maximum atomic E-state index is 12.7. The second-order valence-corrected chi connectivity index (χ2v) is 6.84. The van der Waals surface area contributed by atoms with Gasteiger partial charge in [0.05, 0.1) is 12.0 Å². The first-order chi connectivity index (χ1) is 9.89. The average Bonchev–Trinajstić information content (AvgIpc) is 2.60. The van der Waals surface area contributed by atoms with Crippen LogP contribution in [0.1, 0.15) is 25.0 Å². The van der Waals surface area contributed by atoms with Crippen LogP contribution in [0.15, 0.2) is 46.9 Å². The molecule has 108 valence electrons. The van der Waals surface area contributed by atoms with Crippen molar-refractivity contribution in [2.75, 3.05) is 10.6 Å². The van der Waals surface area contributed by atoms with Crippen LogP contribution in [-0.2, 0) is 16.8 Å². The average molecular weight is 345 g/mol. The molecular weight excluding hydrogens is 328 g/mol. The number of amides is 1. The quantitative estimate of drug-likeness (QED) is 0.841. The highest BCUT2D eigenvalue weighted by molar-refractivity contribution is 9.10. The van der Waals surface area contributed by atoms with E-state index in [9.17, 15) is 4.79 Å². The number of para-hydroxylation sites is 1. The van der Waals surface area contributed by atoms with Gasteiger partial charge in [-0.3, -0.25) is 4.79 Å². The van der Waals surface area contributed by atoms with E-state index in [0.29, 0.717) is 12.2 Å². The number of nitrogens with zero attached hydrogens (tertiary/aromatic N) is 1. The summed E-state index contributed by atoms with van der Waals surface area (Å²) in [4.78, 5) is 14.6. The highest BCUT2D eigenvalue weighted by atomic mass is 79.9. The number of hydrogen-bond acceptors (Lipinski definition) is 2. The minimum absolute atomic E-state index is 0.127. The van der Waals surface area contributed by atoms with E-state index >= 15 is 0 Å². The van der Waals surface area contributed by atoms with Gasteiger partial charge in [0.2, 0.25) is 5.91 Å². The van der Waals surface area contributed by atoms with Gasteiger partial charge in [0.15, 0.2) is 0 Å². The van der Waals surface area contributed by atoms with Gasteiger partial charge in [-0.1, -0.05) is 34.1 Å². The van der Waals surface area contributed by atoms with Crippen molar-refractivity contribution in [3.05, 3.63) is 58.1 Å². The van der Waals surface area contributed by atoms with E-state index in [1.165, 1.54) is 0 Å². The Morgan fingerprint density at radius 3 is 2.62 bits per heavy atom. The second-order valence-electron chi connectivity index (χ2n) is 5.93. The van der Waals surface area contributed by atoms with Crippen LogP contribution in [0.2, 0.25) is 0 Å². The molecule has 1 aliphatic rings. The molecule has 4 heteroatoms. The van der Waals surface area contributed by atoms with Crippen LogP contribution in [0.4, 0.5) is 11.4 Å². The van der Waals surface area contributed by atoms with E-state index < -0.39 is 5.41 Å². The molecule has 1 amide bonds. The number of benzene rings is 2. The number of anilines is 2. The lowest BCUT2D eigenvalue weighted by Crippen LogP contribution is -2.35. The molecule has 0 fully saturated rings. The van der Waals surface area contributed by atoms with E-state index in [-0.39, 0.29) is 5.91 Å². The van der Waals surface area contributed by atoms with Crippen LogP contribution in [0.5, 0.6) is 0 Å². The van der Waals surface area contributed by atoms with Gasteiger partial charge >= 0.3 is 0 Å². The molecule has 0 radical (unpaired) electrons. The van der Waals surface area contributed by atoms with Gasteiger partial charge in [0.25, 0.3) is 0 Å². The third kappa shape index (κ3) is 2.33. The van der Waals surface area contributed by atoms with E-state index in [2.05, 4.69) is 15.9 Å². The van der Waals surface area contributed by atoms with Crippen LogP contribution >= 0.6 is 15.9 Å². The van der Waals surface area contributed by atoms with Crippen molar-refractivity contribution < 1.29 is 4.79 Å². The minimum atomic E-state index is -0.478. The third-order valence-corrected chi connectivity index (χ3v) is 4.43. The zero-order valence-electron chi connectivity index (χ0n) is 12.1. The summed E-state index contributed by atoms with van der Waals surface area (Å²) in [6.45, 7) is 4.48. The van der Waals surface area contributed by atoms with Crippen molar-refractivity contribution in [1.82, 2.24) is 0 Å². The van der Waals surface area contributed by atoms with Gasteiger partial charge in [-0.05, 0) is 49.2 Å². The Morgan fingerprint density at radius 2 is 1.90 bits per heavy atom. The van der Waals surface area contributed by atoms with E-state index in [1.807, 2.05) is 61.2 Å². The Bertz CT molecular complexity index is 704. The summed E-state index contributed by atoms with van der Waals surface area (Å²) < 4.78 is 0.927. The van der Waals surface area contributed by atoms with Gasteiger partial charge in [0.1, 0.15) is 0 Å². The van der Waals surface area contributed by atoms with Crippen molar-refractivity contribution in [1.29, 1.82) is 0 Å². The van der Waals surface area contributed by atoms with Crippen molar-refractivity contribution in [2.24, 2.45) is 0 Å². The number of hydrogen-bond donors (Lipinski definition) is 1. The lowest BCUT2D eigenvalue weighted by Gasteiger charge is -2.21. The molecule has 0 spiro atoms. The Kier molecular flexibility index (Phi) is 3.29. The molecular formula is C17H17BrN2O. The Balaban J connectivity index is 2.01. The Labute approximate surface area is 132 Å². The fourth-order valence-electron chi connectivity index (χ4n) is 2.91. The van der Waals surface area contributed by atoms with Gasteiger partial charge in [0, 0.05) is 15.8 Å². The van der Waals surface area contributed by atoms with Crippen molar-refractivity contribution in [2.45, 2.75) is 25.8 Å². The van der Waals surface area contributed by atoms with E-state index in [0.717, 1.165) is 21.3 Å². The van der Waals surface area contributed by atoms with Gasteiger partial charge in [-0.15, -0.1) is 0 Å². The Morgan fingerprint density at radius 1 is 1.19 bits per heavy atom. The zero-order chi connectivity index (χ0) is 15.2. The molecule has 2 N–H and O–H groups in total. The van der Waals surface area contributed by atoms with Gasteiger partial charge in [-0.25, -0.2) is 0 Å². The van der Waals surface area contributed by atoms with E-state index in [1.54, 1.807) is 0 Å². The van der Waals surface area contributed by atoms with Crippen LogP contribution in [0, 0.1) is 0 Å². The van der Waals surface area contributed by atoms with Gasteiger partial charge in [-0.2, -0.15) is 0 Å². The molecule has 0 saturated carbocycles. The number of nitrogen functional groups attached to an aromatic ring is 1. The normalized spacial score (nSPS) is 16.1. The lowest BCUT2D eigenvalue weighted by molar-refractivity contribution is -0.122. The summed E-state index contributed by atoms with van der Waals surface area (Å²) in [5.41, 5.74) is 9.19. The molecule has 3 rings (SSSR count). The van der Waals surface area contributed by atoms with Crippen molar-refractivity contribution in [3.63, 3.8) is 0 Å². The number of carbonyl (C=O) groups is 1. The van der Waals surface area contributed by atoms with Crippen LogP contribution in [-0.4, -0.2) is 5.91 Å². The summed E-state index contributed by atoms with van der Waals surface area (Å²) in [7, 11) is 0. The minimum Gasteiger partial charge on any atom is -0.399 e. The maximum absolute atomic E-state index is 12.7. The molecule has 1 heterocycles. The molecule has 3 nitrogen and oxygen atoms in total. The first kappa shape index (κ1) is 14.1. The summed E-state index contributed by atoms with van der Waals surface area (Å²) >= 11 is 3.45. The number of halogens is 1. The molecule has 0 bridgehead atoms. The maximum Gasteiger partial charge on any atom is 0.237 e. The predicted octanol–water partition coefficient (Wildman–Crippen LogP) is 3.86. The number of carbonyl (C=O) groups excluding carboxylic acids is 1. The highest BCUT2D eigenvalue weighted by Crippen LogP contribution is 2.42. The standard InChI is InChI=1S/C17H17BrN2O/c1-17(2)14-5-3-4-6-15(14)20(16(17)21)10-11-7-12(18)9-13(19)8-11/h3-9H,10,19H2,1-2H3. The van der Waals surface area contributed by atoms with Crippen molar-refractivity contribution >= 4 is 33.2 Å². The molecule has 2 aromatic rings. The largest absolute Gasteiger partial charge is 0.399 e. The third-order valence-electron chi connectivity index (χ3n) is 3.97. The molecule has 0 aliphatic carbocycles. The van der Waals surface area contributed by atoms with Gasteiger partial charge < -0.3 is 10.6 Å².